The van der Waals surface area contributed by atoms with Gasteiger partial charge < -0.3 is 9.26 Å². The normalized spacial score (nSPS) is 14.9. The molecule has 4 rings (SSSR count). The van der Waals surface area contributed by atoms with E-state index in [0.717, 1.165) is 11.8 Å². The van der Waals surface area contributed by atoms with Crippen molar-refractivity contribution in [1.82, 2.24) is 5.16 Å². The molecular formula is C24H20ClNO7S. The van der Waals surface area contributed by atoms with Crippen LogP contribution in [0.3, 0.4) is 0 Å². The predicted molar refractivity (Wildman–Crippen MR) is 123 cm³/mol. The van der Waals surface area contributed by atoms with Crippen LogP contribution in [-0.4, -0.2) is 37.2 Å². The van der Waals surface area contributed by atoms with Gasteiger partial charge >= 0.3 is 0 Å². The van der Waals surface area contributed by atoms with E-state index in [1.54, 1.807) is 6.07 Å². The first-order valence-electron chi connectivity index (χ1n) is 10.4. The topological polar surface area (TPSA) is 121 Å². The summed E-state index contributed by atoms with van der Waals surface area (Å²) < 4.78 is 35.6. The highest BCUT2D eigenvalue weighted by Gasteiger charge is 2.38. The number of rotatable bonds is 7. The third-order valence-electron chi connectivity index (χ3n) is 5.47. The Morgan fingerprint density at radius 3 is 2.44 bits per heavy atom. The molecule has 0 atom stereocenters. The molecule has 0 spiro atoms. The van der Waals surface area contributed by atoms with Gasteiger partial charge in [-0.25, -0.2) is 8.42 Å². The summed E-state index contributed by atoms with van der Waals surface area (Å²) in [5, 5.41) is 3.69. The van der Waals surface area contributed by atoms with Gasteiger partial charge in [-0.1, -0.05) is 47.1 Å². The Morgan fingerprint density at radius 1 is 1.12 bits per heavy atom. The van der Waals surface area contributed by atoms with Crippen molar-refractivity contribution in [3.8, 4) is 17.0 Å². The molecule has 0 radical (unpaired) electrons. The van der Waals surface area contributed by atoms with Gasteiger partial charge in [-0.3, -0.25) is 14.4 Å². The molecule has 8 nitrogen and oxygen atoms in total. The molecule has 176 valence electrons. The molecule has 1 aliphatic rings. The Morgan fingerprint density at radius 2 is 1.79 bits per heavy atom. The van der Waals surface area contributed by atoms with E-state index in [9.17, 15) is 22.8 Å². The second-order valence-corrected chi connectivity index (χ2v) is 10.3. The zero-order valence-corrected chi connectivity index (χ0v) is 19.7. The molecule has 0 amide bonds. The minimum atomic E-state index is -3.79. The van der Waals surface area contributed by atoms with E-state index in [-0.39, 0.29) is 40.7 Å². The summed E-state index contributed by atoms with van der Waals surface area (Å²) in [7, 11) is -3.79. The lowest BCUT2D eigenvalue weighted by Gasteiger charge is -2.20. The maximum Gasteiger partial charge on any atom is 0.182 e. The molecule has 0 unspecified atom stereocenters. The van der Waals surface area contributed by atoms with Gasteiger partial charge in [0.05, 0.1) is 5.02 Å². The second-order valence-electron chi connectivity index (χ2n) is 7.94. The summed E-state index contributed by atoms with van der Waals surface area (Å²) >= 11 is 6.42. The second kappa shape index (κ2) is 9.52. The van der Waals surface area contributed by atoms with Crippen LogP contribution in [0.4, 0.5) is 0 Å². The number of sulfone groups is 1. The number of Topliss-reactive ketones (excluding diaryl/α,β-unsaturated/α-hetero) is 3. The Kier molecular flexibility index (Phi) is 6.67. The number of ether oxygens (including phenoxy) is 1. The number of carbonyl (C=O) groups excluding carboxylic acids is 3. The molecule has 0 N–H and O–H groups in total. The van der Waals surface area contributed by atoms with Gasteiger partial charge in [0.15, 0.2) is 38.7 Å². The Hall–Kier alpha value is -3.30. The van der Waals surface area contributed by atoms with Gasteiger partial charge in [0, 0.05) is 36.3 Å². The number of carbonyl (C=O) groups is 3. The van der Waals surface area contributed by atoms with E-state index in [1.165, 1.54) is 12.1 Å². The Labute approximate surface area is 200 Å². The molecule has 0 bridgehead atoms. The quantitative estimate of drug-likeness (QED) is 0.350. The summed E-state index contributed by atoms with van der Waals surface area (Å²) in [4.78, 5) is 37.3. The van der Waals surface area contributed by atoms with Crippen LogP contribution in [0.2, 0.25) is 5.02 Å². The molecule has 1 aliphatic carbocycles. The zero-order valence-electron chi connectivity index (χ0n) is 18.1. The molecule has 3 aromatic rings. The van der Waals surface area contributed by atoms with Crippen LogP contribution in [0.5, 0.6) is 5.75 Å². The van der Waals surface area contributed by atoms with Gasteiger partial charge in [0.25, 0.3) is 0 Å². The zero-order chi connectivity index (χ0) is 24.5. The molecule has 1 heterocycles. The highest BCUT2D eigenvalue weighted by molar-refractivity contribution is 7.90. The molecule has 1 fully saturated rings. The minimum absolute atomic E-state index is 0.125. The first-order valence-corrected chi connectivity index (χ1v) is 12.7. The monoisotopic (exact) mass is 501 g/mol. The SMILES string of the molecule is CS(=O)(=O)c1ccc(C(=O)C2C(=O)CCCC2=O)c(Cl)c1OCc1cc(-c2ccccc2)no1. The van der Waals surface area contributed by atoms with Crippen molar-refractivity contribution in [2.24, 2.45) is 5.92 Å². The van der Waals surface area contributed by atoms with Crippen molar-refractivity contribution in [2.45, 2.75) is 30.8 Å². The van der Waals surface area contributed by atoms with Crippen LogP contribution in [0.1, 0.15) is 35.4 Å². The van der Waals surface area contributed by atoms with Crippen LogP contribution in [0, 0.1) is 5.92 Å². The van der Waals surface area contributed by atoms with Crippen LogP contribution >= 0.6 is 11.6 Å². The van der Waals surface area contributed by atoms with E-state index in [1.807, 2.05) is 30.3 Å². The molecule has 10 heteroatoms. The van der Waals surface area contributed by atoms with Gasteiger partial charge in [-0.15, -0.1) is 0 Å². The number of aromatic nitrogens is 1. The number of hydrogen-bond donors (Lipinski definition) is 0. The average Bonchev–Trinajstić information content (AvgIpc) is 3.27. The lowest BCUT2D eigenvalue weighted by molar-refractivity contribution is -0.133. The number of ketones is 3. The van der Waals surface area contributed by atoms with Crippen LogP contribution in [0.25, 0.3) is 11.3 Å². The Balaban J connectivity index is 1.66. The van der Waals surface area contributed by atoms with Crippen LogP contribution < -0.4 is 4.74 Å². The fourth-order valence-corrected chi connectivity index (χ4v) is 4.96. The van der Waals surface area contributed by atoms with Gasteiger partial charge in [-0.05, 0) is 18.6 Å². The third kappa shape index (κ3) is 4.80. The summed E-state index contributed by atoms with van der Waals surface area (Å²) in [6.07, 6.45) is 1.63. The largest absolute Gasteiger partial charge is 0.483 e. The number of halogens is 1. The van der Waals surface area contributed by atoms with E-state index < -0.39 is 33.1 Å². The number of benzene rings is 2. The van der Waals surface area contributed by atoms with Crippen LogP contribution in [-0.2, 0) is 26.0 Å². The maximum atomic E-state index is 13.0. The predicted octanol–water partition coefficient (Wildman–Crippen LogP) is 4.10. The highest BCUT2D eigenvalue weighted by atomic mass is 35.5. The minimum Gasteiger partial charge on any atom is -0.483 e. The van der Waals surface area contributed by atoms with E-state index in [0.29, 0.717) is 17.9 Å². The molecular weight excluding hydrogens is 482 g/mol. The number of hydrogen-bond acceptors (Lipinski definition) is 8. The summed E-state index contributed by atoms with van der Waals surface area (Å²) in [5.41, 5.74) is 1.23. The van der Waals surface area contributed by atoms with Crippen molar-refractivity contribution in [1.29, 1.82) is 0 Å². The van der Waals surface area contributed by atoms with Gasteiger partial charge in [0.2, 0.25) is 0 Å². The molecule has 1 aromatic heterocycles. The standard InChI is InChI=1S/C24H20ClNO7S/c1-34(30,31)20-11-10-16(23(29)21-18(27)8-5-9-19(21)28)22(25)24(20)32-13-15-12-17(26-33-15)14-6-3-2-4-7-14/h2-4,6-7,10-12,21H,5,8-9,13H2,1H3. The van der Waals surface area contributed by atoms with Gasteiger partial charge in [0.1, 0.15) is 23.1 Å². The maximum absolute atomic E-state index is 13.0. The van der Waals surface area contributed by atoms with Crippen molar-refractivity contribution < 1.29 is 32.1 Å². The van der Waals surface area contributed by atoms with Crippen molar-refractivity contribution in [2.75, 3.05) is 6.26 Å². The van der Waals surface area contributed by atoms with E-state index in [2.05, 4.69) is 5.16 Å². The molecule has 34 heavy (non-hydrogen) atoms. The van der Waals surface area contributed by atoms with Crippen LogP contribution in [0.15, 0.2) is 57.9 Å². The molecule has 0 saturated heterocycles. The molecule has 1 saturated carbocycles. The average molecular weight is 502 g/mol. The summed E-state index contributed by atoms with van der Waals surface area (Å²) in [6, 6.07) is 13.3. The summed E-state index contributed by atoms with van der Waals surface area (Å²) in [6.45, 7) is -0.221. The summed E-state index contributed by atoms with van der Waals surface area (Å²) in [5.74, 6) is -3.11. The van der Waals surface area contributed by atoms with E-state index >= 15 is 0 Å². The Bertz CT molecular complexity index is 1360. The molecule has 2 aromatic carbocycles. The first-order chi connectivity index (χ1) is 16.2. The highest BCUT2D eigenvalue weighted by Crippen LogP contribution is 2.37. The smallest absolute Gasteiger partial charge is 0.182 e. The van der Waals surface area contributed by atoms with E-state index in [4.69, 9.17) is 20.9 Å². The third-order valence-corrected chi connectivity index (χ3v) is 6.96. The lowest BCUT2D eigenvalue weighted by atomic mass is 9.81. The number of nitrogens with zero attached hydrogens (tertiary/aromatic N) is 1. The molecule has 0 aliphatic heterocycles. The first kappa shape index (κ1) is 23.8. The van der Waals surface area contributed by atoms with Crippen molar-refractivity contribution in [3.63, 3.8) is 0 Å². The fraction of sp³-hybridized carbons (Fsp3) is 0.250. The van der Waals surface area contributed by atoms with Gasteiger partial charge in [-0.2, -0.15) is 0 Å². The van der Waals surface area contributed by atoms with Crippen molar-refractivity contribution in [3.05, 3.63) is 64.9 Å². The lowest BCUT2D eigenvalue weighted by Crippen LogP contribution is -2.35. The fourth-order valence-electron chi connectivity index (χ4n) is 3.78. The van der Waals surface area contributed by atoms with Crippen molar-refractivity contribution >= 4 is 38.8 Å².